The van der Waals surface area contributed by atoms with Crippen LogP contribution in [0.5, 0.6) is 5.75 Å². The molecule has 1 N–H and O–H groups in total. The molecule has 3 rings (SSSR count). The molecule has 0 aromatic heterocycles. The Morgan fingerprint density at radius 1 is 1.17 bits per heavy atom. The summed E-state index contributed by atoms with van der Waals surface area (Å²) in [5, 5.41) is 3.35. The zero-order chi connectivity index (χ0) is 20.6. The quantitative estimate of drug-likeness (QED) is 0.572. The second kappa shape index (κ2) is 10.7. The van der Waals surface area contributed by atoms with Crippen LogP contribution in [0.15, 0.2) is 53.0 Å². The van der Waals surface area contributed by atoms with Crippen LogP contribution < -0.4 is 10.1 Å². The Kier molecular flexibility index (Phi) is 8.07. The third-order valence-corrected chi connectivity index (χ3v) is 6.36. The van der Waals surface area contributed by atoms with E-state index in [1.54, 1.807) is 12.1 Å². The fraction of sp³-hybridized carbons (Fsp3) is 0.391. The van der Waals surface area contributed by atoms with E-state index in [4.69, 9.17) is 17.0 Å². The number of rotatable bonds is 6. The minimum atomic E-state index is -0.200. The lowest BCUT2D eigenvalue weighted by Gasteiger charge is -2.32. The Labute approximate surface area is 186 Å². The van der Waals surface area contributed by atoms with Crippen LogP contribution in [0.2, 0.25) is 0 Å². The van der Waals surface area contributed by atoms with Crippen molar-refractivity contribution in [2.75, 3.05) is 13.7 Å². The fourth-order valence-electron chi connectivity index (χ4n) is 3.57. The third-order valence-electron chi connectivity index (χ3n) is 5.35. The highest BCUT2D eigenvalue weighted by atomic mass is 79.9. The standard InChI is InChI=1S/C23H27BrN2O2S/c1-26(19-10-6-3-7-11-19)23(29)25-22(27)18-12-13-21(20(24)16-18)28-15-14-17-8-4-2-5-9-17/h2,4-5,8-9,12-13,16,19H,3,6-7,10-11,14-15H2,1H3,(H,25,27,29). The maximum absolute atomic E-state index is 12.6. The average molecular weight is 475 g/mol. The largest absolute Gasteiger partial charge is 0.492 e. The van der Waals surface area contributed by atoms with Crippen molar-refractivity contribution < 1.29 is 9.53 Å². The summed E-state index contributed by atoms with van der Waals surface area (Å²) in [7, 11) is 1.97. The Morgan fingerprint density at radius 2 is 1.90 bits per heavy atom. The van der Waals surface area contributed by atoms with Crippen LogP contribution in [0.4, 0.5) is 0 Å². The van der Waals surface area contributed by atoms with Gasteiger partial charge in [-0.25, -0.2) is 0 Å². The first kappa shape index (κ1) is 21.8. The van der Waals surface area contributed by atoms with Crippen LogP contribution >= 0.6 is 28.1 Å². The molecule has 4 nitrogen and oxygen atoms in total. The van der Waals surface area contributed by atoms with Gasteiger partial charge in [-0.1, -0.05) is 49.6 Å². The van der Waals surface area contributed by atoms with Gasteiger partial charge in [-0.3, -0.25) is 10.1 Å². The van der Waals surface area contributed by atoms with E-state index in [0.717, 1.165) is 29.5 Å². The number of nitrogens with zero attached hydrogens (tertiary/aromatic N) is 1. The lowest BCUT2D eigenvalue weighted by Crippen LogP contribution is -2.46. The van der Waals surface area contributed by atoms with Crippen molar-refractivity contribution in [3.05, 3.63) is 64.1 Å². The normalized spacial score (nSPS) is 14.3. The number of carbonyl (C=O) groups excluding carboxylic acids is 1. The molecule has 1 fully saturated rings. The van der Waals surface area contributed by atoms with E-state index in [9.17, 15) is 4.79 Å². The number of nitrogens with one attached hydrogen (secondary N) is 1. The van der Waals surface area contributed by atoms with Crippen LogP contribution in [0.25, 0.3) is 0 Å². The van der Waals surface area contributed by atoms with Gasteiger partial charge in [0.25, 0.3) is 5.91 Å². The Balaban J connectivity index is 1.53. The summed E-state index contributed by atoms with van der Waals surface area (Å²) in [5.41, 5.74) is 1.78. The van der Waals surface area contributed by atoms with Gasteiger partial charge < -0.3 is 9.64 Å². The molecule has 2 aromatic rings. The minimum absolute atomic E-state index is 0.200. The lowest BCUT2D eigenvalue weighted by atomic mass is 9.95. The van der Waals surface area contributed by atoms with Crippen molar-refractivity contribution in [3.8, 4) is 5.75 Å². The van der Waals surface area contributed by atoms with E-state index in [1.807, 2.05) is 36.2 Å². The predicted octanol–water partition coefficient (Wildman–Crippen LogP) is 5.35. The fourth-order valence-corrected chi connectivity index (χ4v) is 4.31. The van der Waals surface area contributed by atoms with E-state index >= 15 is 0 Å². The summed E-state index contributed by atoms with van der Waals surface area (Å²) in [4.78, 5) is 14.6. The first-order valence-electron chi connectivity index (χ1n) is 10.1. The molecule has 1 amide bonds. The summed E-state index contributed by atoms with van der Waals surface area (Å²) in [6.07, 6.45) is 6.84. The van der Waals surface area contributed by atoms with Crippen molar-refractivity contribution in [2.45, 2.75) is 44.6 Å². The molecular formula is C23H27BrN2O2S. The smallest absolute Gasteiger partial charge is 0.257 e. The van der Waals surface area contributed by atoms with E-state index in [1.165, 1.54) is 24.8 Å². The summed E-state index contributed by atoms with van der Waals surface area (Å²) in [6.45, 7) is 0.574. The van der Waals surface area contributed by atoms with Crippen molar-refractivity contribution in [1.82, 2.24) is 10.2 Å². The maximum Gasteiger partial charge on any atom is 0.257 e. The van der Waals surface area contributed by atoms with Crippen LogP contribution in [0.3, 0.4) is 0 Å². The predicted molar refractivity (Wildman–Crippen MR) is 124 cm³/mol. The molecule has 0 bridgehead atoms. The number of thiocarbonyl (C=S) groups is 1. The number of hydrogen-bond acceptors (Lipinski definition) is 3. The highest BCUT2D eigenvalue weighted by Gasteiger charge is 2.21. The van der Waals surface area contributed by atoms with Gasteiger partial charge in [0, 0.05) is 25.1 Å². The van der Waals surface area contributed by atoms with Crippen molar-refractivity contribution >= 4 is 39.2 Å². The number of hydrogen-bond donors (Lipinski definition) is 1. The second-order valence-corrected chi connectivity index (χ2v) is 8.63. The SMILES string of the molecule is CN(C(=S)NC(=O)c1ccc(OCCc2ccccc2)c(Br)c1)C1CCCCC1. The third kappa shape index (κ3) is 6.28. The van der Waals surface area contributed by atoms with E-state index in [2.05, 4.69) is 33.4 Å². The molecule has 2 aromatic carbocycles. The Bertz CT molecular complexity index is 838. The monoisotopic (exact) mass is 474 g/mol. The van der Waals surface area contributed by atoms with Gasteiger partial charge >= 0.3 is 0 Å². The Hall–Kier alpha value is -1.92. The molecule has 0 aliphatic heterocycles. The topological polar surface area (TPSA) is 41.6 Å². The number of carbonyl (C=O) groups is 1. The Morgan fingerprint density at radius 3 is 2.59 bits per heavy atom. The molecule has 0 spiro atoms. The molecule has 0 atom stereocenters. The van der Waals surface area contributed by atoms with Crippen molar-refractivity contribution in [3.63, 3.8) is 0 Å². The molecular weight excluding hydrogens is 448 g/mol. The van der Waals surface area contributed by atoms with E-state index in [0.29, 0.717) is 23.3 Å². The van der Waals surface area contributed by atoms with Crippen LogP contribution in [0.1, 0.15) is 48.0 Å². The molecule has 29 heavy (non-hydrogen) atoms. The molecule has 1 saturated carbocycles. The number of benzene rings is 2. The van der Waals surface area contributed by atoms with Crippen molar-refractivity contribution in [2.24, 2.45) is 0 Å². The van der Waals surface area contributed by atoms with Crippen LogP contribution in [-0.4, -0.2) is 35.6 Å². The van der Waals surface area contributed by atoms with Crippen LogP contribution in [-0.2, 0) is 6.42 Å². The van der Waals surface area contributed by atoms with Gasteiger partial charge in [0.1, 0.15) is 5.75 Å². The van der Waals surface area contributed by atoms with E-state index < -0.39 is 0 Å². The van der Waals surface area contributed by atoms with E-state index in [-0.39, 0.29) is 5.91 Å². The maximum atomic E-state index is 12.6. The summed E-state index contributed by atoms with van der Waals surface area (Å²) >= 11 is 8.97. The summed E-state index contributed by atoms with van der Waals surface area (Å²) in [5.74, 6) is 0.522. The first-order chi connectivity index (χ1) is 14.0. The average Bonchev–Trinajstić information content (AvgIpc) is 2.75. The second-order valence-electron chi connectivity index (χ2n) is 7.39. The minimum Gasteiger partial charge on any atom is -0.492 e. The molecule has 6 heteroatoms. The number of halogens is 1. The summed E-state index contributed by atoms with van der Waals surface area (Å²) < 4.78 is 6.62. The highest BCUT2D eigenvalue weighted by Crippen LogP contribution is 2.26. The summed E-state index contributed by atoms with van der Waals surface area (Å²) in [6, 6.07) is 16.0. The van der Waals surface area contributed by atoms with Gasteiger partial charge in [0.05, 0.1) is 11.1 Å². The molecule has 154 valence electrons. The number of amides is 1. The molecule has 1 aliphatic rings. The number of ether oxygens (including phenoxy) is 1. The van der Waals surface area contributed by atoms with Gasteiger partial charge in [-0.05, 0) is 64.8 Å². The van der Waals surface area contributed by atoms with Gasteiger partial charge in [0.2, 0.25) is 0 Å². The van der Waals surface area contributed by atoms with Gasteiger partial charge in [0.15, 0.2) is 5.11 Å². The molecule has 0 radical (unpaired) electrons. The molecule has 1 aliphatic carbocycles. The van der Waals surface area contributed by atoms with Gasteiger partial charge in [-0.15, -0.1) is 0 Å². The first-order valence-corrected chi connectivity index (χ1v) is 11.3. The highest BCUT2D eigenvalue weighted by molar-refractivity contribution is 9.10. The zero-order valence-corrected chi connectivity index (χ0v) is 19.1. The van der Waals surface area contributed by atoms with Crippen LogP contribution in [0, 0.1) is 0 Å². The van der Waals surface area contributed by atoms with Crippen molar-refractivity contribution in [1.29, 1.82) is 0 Å². The molecule has 0 unspecified atom stereocenters. The molecule has 0 heterocycles. The molecule has 0 saturated heterocycles. The zero-order valence-electron chi connectivity index (χ0n) is 16.7. The lowest BCUT2D eigenvalue weighted by molar-refractivity contribution is 0.0971. The van der Waals surface area contributed by atoms with Gasteiger partial charge in [-0.2, -0.15) is 0 Å².